The Hall–Kier alpha value is -2.13. The van der Waals surface area contributed by atoms with E-state index in [4.69, 9.17) is 14.0 Å². The van der Waals surface area contributed by atoms with Crippen LogP contribution in [0.2, 0.25) is 0 Å². The van der Waals surface area contributed by atoms with Crippen molar-refractivity contribution >= 4 is 24.6 Å². The number of carbonyl (C=O) groups excluding carboxylic acids is 2. The summed E-state index contributed by atoms with van der Waals surface area (Å²) in [4.78, 5) is 28.7. The summed E-state index contributed by atoms with van der Waals surface area (Å²) in [5, 5.41) is 0. The van der Waals surface area contributed by atoms with Gasteiger partial charge in [-0.05, 0) is 72.5 Å². The fourth-order valence-electron chi connectivity index (χ4n) is 3.94. The van der Waals surface area contributed by atoms with Crippen molar-refractivity contribution in [1.82, 2.24) is 9.80 Å². The van der Waals surface area contributed by atoms with E-state index in [0.717, 1.165) is 0 Å². The van der Waals surface area contributed by atoms with Crippen LogP contribution in [-0.2, 0) is 25.3 Å². The number of ether oxygens (including phenoxy) is 1. The van der Waals surface area contributed by atoms with Gasteiger partial charge in [-0.25, -0.2) is 9.18 Å². The lowest BCUT2D eigenvalue weighted by Gasteiger charge is -2.40. The predicted molar refractivity (Wildman–Crippen MR) is 125 cm³/mol. The molecule has 0 radical (unpaired) electrons. The van der Waals surface area contributed by atoms with Crippen LogP contribution in [0.4, 0.5) is 9.18 Å². The van der Waals surface area contributed by atoms with Crippen molar-refractivity contribution in [1.29, 1.82) is 0 Å². The van der Waals surface area contributed by atoms with E-state index in [1.54, 1.807) is 21.9 Å². The van der Waals surface area contributed by atoms with Crippen LogP contribution in [0.5, 0.6) is 0 Å². The topological polar surface area (TPSA) is 68.3 Å². The average molecular weight is 462 g/mol. The summed E-state index contributed by atoms with van der Waals surface area (Å²) in [5.74, 6) is -0.625. The SMILES string of the molecule is CC1CN(C(=O)OC(C)(C)C)CCN1C(=O)Cc1cc(B2OC(C)(C)C(C)(C)O2)ccc1F. The van der Waals surface area contributed by atoms with Gasteiger partial charge in [0.1, 0.15) is 11.4 Å². The maximum Gasteiger partial charge on any atom is 0.494 e. The molecule has 182 valence electrons. The third kappa shape index (κ3) is 5.69. The standard InChI is InChI=1S/C24H36BFN2O5/c1-16-15-27(21(30)31-22(2,3)4)11-12-28(16)20(29)14-17-13-18(9-10-19(17)26)25-32-23(5,6)24(7,8)33-25/h9-10,13,16H,11-12,14-15H2,1-8H3. The van der Waals surface area contributed by atoms with E-state index in [1.165, 1.54) is 6.07 Å². The van der Waals surface area contributed by atoms with Gasteiger partial charge >= 0.3 is 13.2 Å². The Bertz CT molecular complexity index is 899. The number of nitrogens with zero attached hydrogens (tertiary/aromatic N) is 2. The van der Waals surface area contributed by atoms with Gasteiger partial charge in [0, 0.05) is 25.7 Å². The van der Waals surface area contributed by atoms with Gasteiger partial charge in [0.15, 0.2) is 0 Å². The normalized spacial score (nSPS) is 22.5. The maximum absolute atomic E-state index is 14.6. The molecule has 9 heteroatoms. The number of rotatable bonds is 3. The van der Waals surface area contributed by atoms with Crippen LogP contribution in [0.15, 0.2) is 18.2 Å². The van der Waals surface area contributed by atoms with E-state index in [-0.39, 0.29) is 24.5 Å². The van der Waals surface area contributed by atoms with Crippen molar-refractivity contribution in [3.05, 3.63) is 29.6 Å². The summed E-state index contributed by atoms with van der Waals surface area (Å²) < 4.78 is 32.1. The summed E-state index contributed by atoms with van der Waals surface area (Å²) in [6.07, 6.45) is -0.460. The molecule has 0 aliphatic carbocycles. The van der Waals surface area contributed by atoms with E-state index in [9.17, 15) is 14.0 Å². The Morgan fingerprint density at radius 1 is 1.15 bits per heavy atom. The molecule has 2 fully saturated rings. The molecule has 0 spiro atoms. The molecule has 0 N–H and O–H groups in total. The van der Waals surface area contributed by atoms with Crippen molar-refractivity contribution in [2.75, 3.05) is 19.6 Å². The van der Waals surface area contributed by atoms with Crippen LogP contribution in [0, 0.1) is 5.82 Å². The summed E-state index contributed by atoms with van der Waals surface area (Å²) in [6, 6.07) is 4.44. The highest BCUT2D eigenvalue weighted by Gasteiger charge is 2.51. The van der Waals surface area contributed by atoms with Crippen molar-refractivity contribution in [3.8, 4) is 0 Å². The maximum atomic E-state index is 14.6. The van der Waals surface area contributed by atoms with Gasteiger partial charge in [-0.15, -0.1) is 0 Å². The van der Waals surface area contributed by atoms with Crippen molar-refractivity contribution < 1.29 is 28.0 Å². The van der Waals surface area contributed by atoms with E-state index in [1.807, 2.05) is 55.4 Å². The Balaban J connectivity index is 1.66. The minimum Gasteiger partial charge on any atom is -0.444 e. The lowest BCUT2D eigenvalue weighted by Crippen LogP contribution is -2.56. The van der Waals surface area contributed by atoms with Crippen molar-refractivity contribution in [2.24, 2.45) is 0 Å². The first-order valence-corrected chi connectivity index (χ1v) is 11.5. The molecule has 1 aromatic rings. The molecule has 1 atom stereocenters. The van der Waals surface area contributed by atoms with Gasteiger partial charge in [0.05, 0.1) is 17.6 Å². The van der Waals surface area contributed by atoms with E-state index >= 15 is 0 Å². The first kappa shape index (κ1) is 25.5. The number of benzene rings is 1. The Labute approximate surface area is 196 Å². The number of hydrogen-bond acceptors (Lipinski definition) is 5. The van der Waals surface area contributed by atoms with Crippen LogP contribution >= 0.6 is 0 Å². The van der Waals surface area contributed by atoms with Crippen molar-refractivity contribution in [2.45, 2.75) is 84.7 Å². The zero-order valence-electron chi connectivity index (χ0n) is 21.0. The zero-order valence-corrected chi connectivity index (χ0v) is 21.0. The van der Waals surface area contributed by atoms with Gasteiger partial charge in [0.25, 0.3) is 0 Å². The van der Waals surface area contributed by atoms with E-state index in [2.05, 4.69) is 0 Å². The molecule has 2 heterocycles. The van der Waals surface area contributed by atoms with E-state index in [0.29, 0.717) is 30.7 Å². The second-order valence-corrected chi connectivity index (χ2v) is 11.0. The predicted octanol–water partition coefficient (Wildman–Crippen LogP) is 3.14. The molecule has 1 aromatic carbocycles. The third-order valence-electron chi connectivity index (χ3n) is 6.54. The number of amides is 2. The largest absolute Gasteiger partial charge is 0.494 e. The van der Waals surface area contributed by atoms with Crippen LogP contribution in [0.25, 0.3) is 0 Å². The summed E-state index contributed by atoms with van der Waals surface area (Å²) in [6.45, 7) is 16.3. The fraction of sp³-hybridized carbons (Fsp3) is 0.667. The van der Waals surface area contributed by atoms with Gasteiger partial charge in [-0.2, -0.15) is 0 Å². The highest BCUT2D eigenvalue weighted by molar-refractivity contribution is 6.62. The summed E-state index contributed by atoms with van der Waals surface area (Å²) in [7, 11) is -0.624. The smallest absolute Gasteiger partial charge is 0.444 e. The number of carbonyl (C=O) groups is 2. The lowest BCUT2D eigenvalue weighted by atomic mass is 9.78. The lowest BCUT2D eigenvalue weighted by molar-refractivity contribution is -0.135. The molecular weight excluding hydrogens is 426 g/mol. The van der Waals surface area contributed by atoms with Crippen LogP contribution in [0.1, 0.15) is 61.0 Å². The van der Waals surface area contributed by atoms with E-state index < -0.39 is 29.7 Å². The minimum absolute atomic E-state index is 0.0735. The molecule has 1 unspecified atom stereocenters. The van der Waals surface area contributed by atoms with Crippen LogP contribution < -0.4 is 5.46 Å². The first-order valence-electron chi connectivity index (χ1n) is 11.5. The third-order valence-corrected chi connectivity index (χ3v) is 6.54. The minimum atomic E-state index is -0.624. The molecule has 2 amide bonds. The van der Waals surface area contributed by atoms with Gasteiger partial charge in [0.2, 0.25) is 5.91 Å². The second-order valence-electron chi connectivity index (χ2n) is 11.0. The molecule has 0 bridgehead atoms. The average Bonchev–Trinajstić information content (AvgIpc) is 2.89. The molecular formula is C24H36BFN2O5. The molecule has 33 heavy (non-hydrogen) atoms. The monoisotopic (exact) mass is 462 g/mol. The van der Waals surface area contributed by atoms with Crippen molar-refractivity contribution in [3.63, 3.8) is 0 Å². The molecule has 0 saturated carbocycles. The fourth-order valence-corrected chi connectivity index (χ4v) is 3.94. The van der Waals surface area contributed by atoms with Gasteiger partial charge < -0.3 is 23.8 Å². The second kappa shape index (κ2) is 8.91. The first-order chi connectivity index (χ1) is 15.1. The number of hydrogen-bond donors (Lipinski definition) is 0. The van der Waals surface area contributed by atoms with Crippen LogP contribution in [0.3, 0.4) is 0 Å². The van der Waals surface area contributed by atoms with Gasteiger partial charge in [-0.1, -0.05) is 12.1 Å². The number of halogens is 1. The molecule has 2 aliphatic rings. The highest BCUT2D eigenvalue weighted by atomic mass is 19.1. The van der Waals surface area contributed by atoms with Crippen LogP contribution in [-0.4, -0.2) is 71.4 Å². The number of piperazine rings is 1. The summed E-state index contributed by atoms with van der Waals surface area (Å²) >= 11 is 0. The molecule has 7 nitrogen and oxygen atoms in total. The molecule has 2 saturated heterocycles. The van der Waals surface area contributed by atoms with Gasteiger partial charge in [-0.3, -0.25) is 4.79 Å². The molecule has 3 rings (SSSR count). The Kier molecular flexibility index (Phi) is 6.88. The summed E-state index contributed by atoms with van der Waals surface area (Å²) in [5.41, 5.74) is -0.613. The highest BCUT2D eigenvalue weighted by Crippen LogP contribution is 2.36. The zero-order chi connectivity index (χ0) is 24.8. The Morgan fingerprint density at radius 3 is 2.30 bits per heavy atom. The molecule has 2 aliphatic heterocycles. The Morgan fingerprint density at radius 2 is 1.76 bits per heavy atom. The molecule has 0 aromatic heterocycles. The quantitative estimate of drug-likeness (QED) is 0.646.